The van der Waals surface area contributed by atoms with E-state index in [-0.39, 0.29) is 17.8 Å². The van der Waals surface area contributed by atoms with Gasteiger partial charge in [-0.15, -0.1) is 0 Å². The second kappa shape index (κ2) is 9.79. The number of rotatable bonds is 5. The number of imidazole rings is 1. The van der Waals surface area contributed by atoms with Crippen LogP contribution < -0.4 is 5.32 Å². The van der Waals surface area contributed by atoms with Crippen molar-refractivity contribution in [1.82, 2.24) is 19.6 Å². The Morgan fingerprint density at radius 3 is 2.48 bits per heavy atom. The number of hydrogen-bond acceptors (Lipinski definition) is 3. The third-order valence-corrected chi connectivity index (χ3v) is 6.20. The van der Waals surface area contributed by atoms with Crippen molar-refractivity contribution >= 4 is 23.2 Å². The number of amides is 1. The number of halogens is 2. The van der Waals surface area contributed by atoms with Crippen LogP contribution in [0.3, 0.4) is 0 Å². The third-order valence-electron chi connectivity index (χ3n) is 5.97. The van der Waals surface area contributed by atoms with Crippen LogP contribution in [0.5, 0.6) is 0 Å². The summed E-state index contributed by atoms with van der Waals surface area (Å²) < 4.78 is 15.2. The molecule has 1 N–H and O–H groups in total. The lowest BCUT2D eigenvalue weighted by Crippen LogP contribution is -2.35. The number of fused-ring (bicyclic) bond motifs is 1. The molecule has 1 saturated heterocycles. The van der Waals surface area contributed by atoms with E-state index in [9.17, 15) is 9.18 Å². The van der Waals surface area contributed by atoms with Crippen molar-refractivity contribution in [2.75, 3.05) is 13.1 Å². The maximum Gasteiger partial charge on any atom is 0.274 e. The highest BCUT2D eigenvalue weighted by molar-refractivity contribution is 6.30. The number of nitrogens with one attached hydrogen (secondary N) is 1. The van der Waals surface area contributed by atoms with E-state index in [1.807, 2.05) is 22.3 Å². The van der Waals surface area contributed by atoms with E-state index >= 15 is 0 Å². The van der Waals surface area contributed by atoms with Gasteiger partial charge >= 0.3 is 0 Å². The van der Waals surface area contributed by atoms with E-state index in [1.54, 1.807) is 24.4 Å². The number of aromatic nitrogens is 2. The minimum atomic E-state index is -0.256. The van der Waals surface area contributed by atoms with Crippen LogP contribution in [0.1, 0.15) is 66.8 Å². The average molecular weight is 443 g/mol. The summed E-state index contributed by atoms with van der Waals surface area (Å²) >= 11 is 6.24. The zero-order valence-electron chi connectivity index (χ0n) is 17.8. The summed E-state index contributed by atoms with van der Waals surface area (Å²) in [6.45, 7) is 4.00. The lowest BCUT2D eigenvalue weighted by Gasteiger charge is -2.24. The van der Waals surface area contributed by atoms with Gasteiger partial charge in [-0.05, 0) is 49.6 Å². The Hall–Kier alpha value is -2.44. The minimum Gasteiger partial charge on any atom is -0.337 e. The Bertz CT molecular complexity index is 1040. The molecule has 0 bridgehead atoms. The van der Waals surface area contributed by atoms with Crippen LogP contribution in [-0.2, 0) is 6.54 Å². The molecule has 0 saturated carbocycles. The molecule has 2 aromatic heterocycles. The van der Waals surface area contributed by atoms with E-state index in [0.717, 1.165) is 50.0 Å². The standard InChI is InChI=1S/C24H28ClFN4O/c1-17(18-7-10-20(26)11-8-18)27-15-21-23(28-22-12-9-19(25)16-30(21)22)24(31)29-13-5-3-2-4-6-14-29/h7-12,16-17,27H,2-6,13-15H2,1H3. The summed E-state index contributed by atoms with van der Waals surface area (Å²) in [6, 6.07) is 10.0. The molecule has 1 aliphatic rings. The predicted molar refractivity (Wildman–Crippen MR) is 121 cm³/mol. The van der Waals surface area contributed by atoms with Gasteiger partial charge in [-0.2, -0.15) is 0 Å². The Morgan fingerprint density at radius 2 is 1.77 bits per heavy atom. The van der Waals surface area contributed by atoms with Gasteiger partial charge in [0, 0.05) is 31.9 Å². The average Bonchev–Trinajstić information content (AvgIpc) is 3.09. The monoisotopic (exact) mass is 442 g/mol. The minimum absolute atomic E-state index is 0.0185. The summed E-state index contributed by atoms with van der Waals surface area (Å²) in [5, 5.41) is 4.04. The first kappa shape index (κ1) is 21.8. The lowest BCUT2D eigenvalue weighted by molar-refractivity contribution is 0.0735. The van der Waals surface area contributed by atoms with Crippen LogP contribution in [0.2, 0.25) is 5.02 Å². The van der Waals surface area contributed by atoms with Gasteiger partial charge in [0.2, 0.25) is 0 Å². The molecular formula is C24H28ClFN4O. The number of pyridine rings is 1. The summed E-state index contributed by atoms with van der Waals surface area (Å²) in [7, 11) is 0. The summed E-state index contributed by atoms with van der Waals surface area (Å²) in [4.78, 5) is 20.0. The van der Waals surface area contributed by atoms with E-state index in [1.165, 1.54) is 18.6 Å². The fourth-order valence-electron chi connectivity index (χ4n) is 4.13. The smallest absolute Gasteiger partial charge is 0.274 e. The molecule has 0 aliphatic carbocycles. The summed E-state index contributed by atoms with van der Waals surface area (Å²) in [5.74, 6) is -0.276. The fraction of sp³-hybridized carbons (Fsp3) is 0.417. The first-order valence-electron chi connectivity index (χ1n) is 11.0. The Morgan fingerprint density at radius 1 is 1.10 bits per heavy atom. The van der Waals surface area contributed by atoms with Crippen LogP contribution in [0, 0.1) is 5.82 Å². The number of carbonyl (C=O) groups excluding carboxylic acids is 1. The maximum absolute atomic E-state index is 13.4. The topological polar surface area (TPSA) is 49.6 Å². The normalized spacial score (nSPS) is 16.2. The SMILES string of the molecule is CC(NCc1c(C(=O)N2CCCCCCC2)nc2ccc(Cl)cn12)c1ccc(F)cc1. The van der Waals surface area contributed by atoms with Gasteiger partial charge in [-0.25, -0.2) is 9.37 Å². The maximum atomic E-state index is 13.4. The molecule has 0 spiro atoms. The van der Waals surface area contributed by atoms with Gasteiger partial charge in [0.05, 0.1) is 10.7 Å². The molecule has 31 heavy (non-hydrogen) atoms. The predicted octanol–water partition coefficient (Wildman–Crippen LogP) is 5.38. The van der Waals surface area contributed by atoms with Crippen molar-refractivity contribution in [3.05, 3.63) is 70.4 Å². The second-order valence-corrected chi connectivity index (χ2v) is 8.63. The second-order valence-electron chi connectivity index (χ2n) is 8.20. The largest absolute Gasteiger partial charge is 0.337 e. The highest BCUT2D eigenvalue weighted by atomic mass is 35.5. The highest BCUT2D eigenvalue weighted by Crippen LogP contribution is 2.21. The molecule has 1 amide bonds. The molecule has 1 fully saturated rings. The number of benzene rings is 1. The van der Waals surface area contributed by atoms with E-state index < -0.39 is 0 Å². The third kappa shape index (κ3) is 5.08. The fourth-order valence-corrected chi connectivity index (χ4v) is 4.29. The van der Waals surface area contributed by atoms with Crippen molar-refractivity contribution < 1.29 is 9.18 Å². The van der Waals surface area contributed by atoms with Gasteiger partial charge in [0.1, 0.15) is 11.5 Å². The van der Waals surface area contributed by atoms with Gasteiger partial charge in [-0.1, -0.05) is 43.0 Å². The van der Waals surface area contributed by atoms with E-state index in [0.29, 0.717) is 22.9 Å². The Balaban J connectivity index is 1.61. The number of likely N-dealkylation sites (tertiary alicyclic amines) is 1. The molecule has 1 aliphatic heterocycles. The number of carbonyl (C=O) groups is 1. The molecule has 3 aromatic rings. The van der Waals surface area contributed by atoms with E-state index in [2.05, 4.69) is 10.3 Å². The van der Waals surface area contributed by atoms with Crippen molar-refractivity contribution in [3.63, 3.8) is 0 Å². The Labute approximate surface area is 187 Å². The van der Waals surface area contributed by atoms with Crippen molar-refractivity contribution in [2.45, 2.75) is 51.6 Å². The van der Waals surface area contributed by atoms with Gasteiger partial charge < -0.3 is 14.6 Å². The molecule has 1 aromatic carbocycles. The highest BCUT2D eigenvalue weighted by Gasteiger charge is 2.24. The first-order chi connectivity index (χ1) is 15.0. The molecule has 4 rings (SSSR count). The zero-order chi connectivity index (χ0) is 21.8. The van der Waals surface area contributed by atoms with Crippen molar-refractivity contribution in [1.29, 1.82) is 0 Å². The molecule has 7 heteroatoms. The molecule has 5 nitrogen and oxygen atoms in total. The molecule has 1 unspecified atom stereocenters. The molecule has 164 valence electrons. The van der Waals surface area contributed by atoms with Crippen LogP contribution in [0.4, 0.5) is 4.39 Å². The summed E-state index contributed by atoms with van der Waals surface area (Å²) in [5.41, 5.74) is 2.94. The van der Waals surface area contributed by atoms with Gasteiger partial charge in [0.25, 0.3) is 5.91 Å². The zero-order valence-corrected chi connectivity index (χ0v) is 18.5. The lowest BCUT2D eigenvalue weighted by atomic mass is 10.1. The molecular weight excluding hydrogens is 415 g/mol. The molecule has 0 radical (unpaired) electrons. The van der Waals surface area contributed by atoms with Gasteiger partial charge in [0.15, 0.2) is 5.69 Å². The quantitative estimate of drug-likeness (QED) is 0.576. The van der Waals surface area contributed by atoms with Crippen molar-refractivity contribution in [3.8, 4) is 0 Å². The van der Waals surface area contributed by atoms with Gasteiger partial charge in [-0.3, -0.25) is 4.79 Å². The van der Waals surface area contributed by atoms with E-state index in [4.69, 9.17) is 11.6 Å². The molecule has 3 heterocycles. The van der Waals surface area contributed by atoms with Crippen LogP contribution in [-0.4, -0.2) is 33.3 Å². The van der Waals surface area contributed by atoms with Crippen LogP contribution in [0.25, 0.3) is 5.65 Å². The summed E-state index contributed by atoms with van der Waals surface area (Å²) in [6.07, 6.45) is 7.42. The van der Waals surface area contributed by atoms with Crippen molar-refractivity contribution in [2.24, 2.45) is 0 Å². The van der Waals surface area contributed by atoms with Crippen LogP contribution in [0.15, 0.2) is 42.6 Å². The number of nitrogens with zero attached hydrogens (tertiary/aromatic N) is 3. The Kier molecular flexibility index (Phi) is 6.88. The number of hydrogen-bond donors (Lipinski definition) is 1. The first-order valence-corrected chi connectivity index (χ1v) is 11.4. The van der Waals surface area contributed by atoms with Crippen LogP contribution >= 0.6 is 11.6 Å². The molecule has 1 atom stereocenters.